The molecule has 0 unspecified atom stereocenters. The fraction of sp³-hybridized carbons (Fsp3) is 0.500. The summed E-state index contributed by atoms with van der Waals surface area (Å²) >= 11 is 3.29. The van der Waals surface area contributed by atoms with Gasteiger partial charge in [-0.05, 0) is 18.1 Å². The lowest BCUT2D eigenvalue weighted by Crippen LogP contribution is -2.22. The third-order valence-corrected chi connectivity index (χ3v) is 3.09. The quantitative estimate of drug-likeness (QED) is 0.474. The van der Waals surface area contributed by atoms with Crippen molar-refractivity contribution in [2.45, 2.75) is 19.2 Å². The summed E-state index contributed by atoms with van der Waals surface area (Å²) in [7, 11) is 2.00. The first kappa shape index (κ1) is 14.0. The molecule has 94 valence electrons. The molecule has 1 rings (SSSR count). The van der Waals surface area contributed by atoms with Crippen LogP contribution in [0.2, 0.25) is 0 Å². The van der Waals surface area contributed by atoms with Crippen LogP contribution in [0.15, 0.2) is 18.2 Å². The Balaban J connectivity index is 3.00. The van der Waals surface area contributed by atoms with Gasteiger partial charge in [0.2, 0.25) is 0 Å². The molecule has 5 heteroatoms. The molecule has 1 aromatic rings. The van der Waals surface area contributed by atoms with Gasteiger partial charge >= 0.3 is 0 Å². The van der Waals surface area contributed by atoms with Crippen molar-refractivity contribution in [1.82, 2.24) is 0 Å². The summed E-state index contributed by atoms with van der Waals surface area (Å²) < 4.78 is 0. The zero-order chi connectivity index (χ0) is 13.0. The van der Waals surface area contributed by atoms with E-state index in [0.717, 1.165) is 12.2 Å². The van der Waals surface area contributed by atoms with Crippen LogP contribution in [0.4, 0.5) is 11.4 Å². The number of benzene rings is 1. The van der Waals surface area contributed by atoms with E-state index in [9.17, 15) is 10.1 Å². The number of alkyl halides is 1. The predicted octanol–water partition coefficient (Wildman–Crippen LogP) is 3.58. The molecule has 0 amide bonds. The fourth-order valence-electron chi connectivity index (χ4n) is 1.75. The van der Waals surface area contributed by atoms with Gasteiger partial charge in [-0.3, -0.25) is 10.1 Å². The Kier molecular flexibility index (Phi) is 4.93. The number of rotatable bonds is 5. The van der Waals surface area contributed by atoms with Crippen LogP contribution in [0.1, 0.15) is 19.4 Å². The van der Waals surface area contributed by atoms with Crippen molar-refractivity contribution in [1.29, 1.82) is 0 Å². The van der Waals surface area contributed by atoms with Gasteiger partial charge in [-0.15, -0.1) is 0 Å². The summed E-state index contributed by atoms with van der Waals surface area (Å²) in [5.74, 6) is 0.558. The maximum absolute atomic E-state index is 10.8. The Bertz CT molecular complexity index is 407. The van der Waals surface area contributed by atoms with E-state index in [1.165, 1.54) is 0 Å². The van der Waals surface area contributed by atoms with Gasteiger partial charge in [0.1, 0.15) is 0 Å². The highest BCUT2D eigenvalue weighted by Gasteiger charge is 2.14. The number of nitrogens with zero attached hydrogens (tertiary/aromatic N) is 2. The highest BCUT2D eigenvalue weighted by Crippen LogP contribution is 2.26. The lowest BCUT2D eigenvalue weighted by molar-refractivity contribution is -0.385. The van der Waals surface area contributed by atoms with E-state index in [1.807, 2.05) is 13.1 Å². The van der Waals surface area contributed by atoms with Gasteiger partial charge in [-0.1, -0.05) is 29.8 Å². The van der Waals surface area contributed by atoms with Gasteiger partial charge in [0.25, 0.3) is 5.69 Å². The molecule has 0 aliphatic rings. The minimum absolute atomic E-state index is 0.170. The van der Waals surface area contributed by atoms with Crippen LogP contribution < -0.4 is 4.90 Å². The maximum Gasteiger partial charge on any atom is 0.273 e. The standard InChI is InChI=1S/C12H17BrN2O2/c1-9(2)8-14(3)11-4-5-12(15(16)17)10(6-11)7-13/h4-6,9H,7-8H2,1-3H3. The van der Waals surface area contributed by atoms with Crippen molar-refractivity contribution in [2.75, 3.05) is 18.5 Å². The van der Waals surface area contributed by atoms with Crippen LogP contribution in [0.5, 0.6) is 0 Å². The second kappa shape index (κ2) is 6.00. The van der Waals surface area contributed by atoms with Crippen LogP contribution in [-0.2, 0) is 5.33 Å². The molecule has 1 aromatic carbocycles. The minimum atomic E-state index is -0.344. The molecule has 0 saturated heterocycles. The second-order valence-electron chi connectivity index (χ2n) is 4.48. The third kappa shape index (κ3) is 3.70. The highest BCUT2D eigenvalue weighted by molar-refractivity contribution is 9.08. The molecule has 0 bridgehead atoms. The summed E-state index contributed by atoms with van der Waals surface area (Å²) in [5.41, 5.74) is 1.89. The minimum Gasteiger partial charge on any atom is -0.374 e. The molecule has 0 heterocycles. The molecule has 0 spiro atoms. The summed E-state index contributed by atoms with van der Waals surface area (Å²) in [6.45, 7) is 5.22. The summed E-state index contributed by atoms with van der Waals surface area (Å²) in [6.07, 6.45) is 0. The van der Waals surface area contributed by atoms with Crippen LogP contribution in [-0.4, -0.2) is 18.5 Å². The molecule has 0 aromatic heterocycles. The van der Waals surface area contributed by atoms with Crippen molar-refractivity contribution in [3.63, 3.8) is 0 Å². The molecule has 0 aliphatic heterocycles. The van der Waals surface area contributed by atoms with Crippen molar-refractivity contribution < 1.29 is 4.92 Å². The van der Waals surface area contributed by atoms with Gasteiger partial charge in [0.15, 0.2) is 0 Å². The normalized spacial score (nSPS) is 10.6. The summed E-state index contributed by atoms with van der Waals surface area (Å²) in [4.78, 5) is 12.6. The largest absolute Gasteiger partial charge is 0.374 e. The molecule has 0 N–H and O–H groups in total. The number of anilines is 1. The van der Waals surface area contributed by atoms with E-state index in [0.29, 0.717) is 16.8 Å². The summed E-state index contributed by atoms with van der Waals surface area (Å²) in [5, 5.41) is 11.3. The molecule has 0 atom stereocenters. The average molecular weight is 301 g/mol. The van der Waals surface area contributed by atoms with Gasteiger partial charge in [-0.25, -0.2) is 0 Å². The number of nitro benzene ring substituents is 1. The monoisotopic (exact) mass is 300 g/mol. The number of hydrogen-bond acceptors (Lipinski definition) is 3. The van der Waals surface area contributed by atoms with Gasteiger partial charge in [0, 0.05) is 36.2 Å². The first-order valence-corrected chi connectivity index (χ1v) is 6.62. The van der Waals surface area contributed by atoms with Crippen LogP contribution in [0.25, 0.3) is 0 Å². The first-order valence-electron chi connectivity index (χ1n) is 5.50. The van der Waals surface area contributed by atoms with Gasteiger partial charge in [0.05, 0.1) is 4.92 Å². The Hall–Kier alpha value is -1.10. The number of hydrogen-bond donors (Lipinski definition) is 0. The van der Waals surface area contributed by atoms with Crippen LogP contribution >= 0.6 is 15.9 Å². The first-order chi connectivity index (χ1) is 7.95. The van der Waals surface area contributed by atoms with Gasteiger partial charge in [-0.2, -0.15) is 0 Å². The second-order valence-corrected chi connectivity index (χ2v) is 5.04. The molecule has 0 fully saturated rings. The molecular weight excluding hydrogens is 284 g/mol. The Morgan fingerprint density at radius 2 is 2.12 bits per heavy atom. The predicted molar refractivity (Wildman–Crippen MR) is 73.8 cm³/mol. The van der Waals surface area contributed by atoms with Crippen LogP contribution in [0, 0.1) is 16.0 Å². The van der Waals surface area contributed by atoms with E-state index in [-0.39, 0.29) is 10.6 Å². The Labute approximate surface area is 110 Å². The molecule has 17 heavy (non-hydrogen) atoms. The highest BCUT2D eigenvalue weighted by atomic mass is 79.9. The lowest BCUT2D eigenvalue weighted by Gasteiger charge is -2.21. The van der Waals surface area contributed by atoms with Crippen molar-refractivity contribution >= 4 is 27.3 Å². The zero-order valence-corrected chi connectivity index (χ0v) is 11.9. The third-order valence-electron chi connectivity index (χ3n) is 2.48. The maximum atomic E-state index is 10.8. The van der Waals surface area contributed by atoms with E-state index >= 15 is 0 Å². The van der Waals surface area contributed by atoms with Gasteiger partial charge < -0.3 is 4.90 Å². The van der Waals surface area contributed by atoms with E-state index < -0.39 is 0 Å². The molecule has 0 aliphatic carbocycles. The Morgan fingerprint density at radius 3 is 2.59 bits per heavy atom. The van der Waals surface area contributed by atoms with E-state index in [2.05, 4.69) is 34.7 Å². The topological polar surface area (TPSA) is 46.4 Å². The SMILES string of the molecule is CC(C)CN(C)c1ccc([N+](=O)[O-])c(CBr)c1. The summed E-state index contributed by atoms with van der Waals surface area (Å²) in [6, 6.07) is 5.24. The number of halogens is 1. The molecule has 0 radical (unpaired) electrons. The zero-order valence-electron chi connectivity index (χ0n) is 10.3. The van der Waals surface area contributed by atoms with Crippen molar-refractivity contribution in [3.8, 4) is 0 Å². The van der Waals surface area contributed by atoms with E-state index in [4.69, 9.17) is 0 Å². The fourth-order valence-corrected chi connectivity index (χ4v) is 2.20. The molecular formula is C12H17BrN2O2. The lowest BCUT2D eigenvalue weighted by atomic mass is 10.1. The molecule has 0 saturated carbocycles. The molecule has 4 nitrogen and oxygen atoms in total. The van der Waals surface area contributed by atoms with Crippen LogP contribution in [0.3, 0.4) is 0 Å². The van der Waals surface area contributed by atoms with Crippen molar-refractivity contribution in [2.24, 2.45) is 5.92 Å². The van der Waals surface area contributed by atoms with Crippen molar-refractivity contribution in [3.05, 3.63) is 33.9 Å². The smallest absolute Gasteiger partial charge is 0.273 e. The van der Waals surface area contributed by atoms with E-state index in [1.54, 1.807) is 12.1 Å². The number of nitro groups is 1. The average Bonchev–Trinajstić information content (AvgIpc) is 2.27. The Morgan fingerprint density at radius 1 is 1.47 bits per heavy atom.